The second-order valence-electron chi connectivity index (χ2n) is 4.05. The molecule has 0 amide bonds. The summed E-state index contributed by atoms with van der Waals surface area (Å²) in [4.78, 5) is 10.3. The van der Waals surface area contributed by atoms with Crippen LogP contribution in [-0.4, -0.2) is 17.7 Å². The van der Waals surface area contributed by atoms with Crippen LogP contribution in [0.5, 0.6) is 5.75 Å². The van der Waals surface area contributed by atoms with Crippen molar-refractivity contribution in [1.82, 2.24) is 0 Å². The van der Waals surface area contributed by atoms with Gasteiger partial charge >= 0.3 is 5.97 Å². The molecule has 88 valence electrons. The number of carbonyl (C=O) groups is 1. The summed E-state index contributed by atoms with van der Waals surface area (Å²) in [7, 11) is 0. The number of aryl methyl sites for hydroxylation is 2. The molecule has 0 aliphatic rings. The molecule has 0 heterocycles. The average Bonchev–Trinajstić information content (AvgIpc) is 2.19. The number of carboxylic acids is 1. The quantitative estimate of drug-likeness (QED) is 0.779. The van der Waals surface area contributed by atoms with Gasteiger partial charge in [0.25, 0.3) is 0 Å². The SMILES string of the molecule is Cc1cc(C)c(C)c(OCCCC(=O)O)c1. The van der Waals surface area contributed by atoms with E-state index in [4.69, 9.17) is 9.84 Å². The Morgan fingerprint density at radius 2 is 2.00 bits per heavy atom. The molecule has 1 aromatic carbocycles. The minimum atomic E-state index is -0.777. The maximum atomic E-state index is 10.3. The molecular formula is C13H18O3. The first-order valence-electron chi connectivity index (χ1n) is 5.43. The third kappa shape index (κ3) is 3.57. The van der Waals surface area contributed by atoms with Crippen LogP contribution in [0.15, 0.2) is 12.1 Å². The summed E-state index contributed by atoms with van der Waals surface area (Å²) in [5.41, 5.74) is 3.49. The lowest BCUT2D eigenvalue weighted by Crippen LogP contribution is -2.03. The van der Waals surface area contributed by atoms with Gasteiger partial charge in [-0.2, -0.15) is 0 Å². The summed E-state index contributed by atoms with van der Waals surface area (Å²) in [6.45, 7) is 6.54. The third-order valence-corrected chi connectivity index (χ3v) is 2.56. The normalized spacial score (nSPS) is 10.2. The van der Waals surface area contributed by atoms with Crippen LogP contribution in [0.2, 0.25) is 0 Å². The first-order valence-corrected chi connectivity index (χ1v) is 5.43. The molecule has 1 rings (SSSR count). The molecule has 0 spiro atoms. The molecule has 0 fully saturated rings. The van der Waals surface area contributed by atoms with Crippen LogP contribution in [-0.2, 0) is 4.79 Å². The van der Waals surface area contributed by atoms with Crippen LogP contribution < -0.4 is 4.74 Å². The van der Waals surface area contributed by atoms with E-state index in [1.54, 1.807) is 0 Å². The Balaban J connectivity index is 2.57. The molecule has 0 unspecified atom stereocenters. The van der Waals surface area contributed by atoms with Crippen molar-refractivity contribution < 1.29 is 14.6 Å². The lowest BCUT2D eigenvalue weighted by molar-refractivity contribution is -0.137. The van der Waals surface area contributed by atoms with E-state index >= 15 is 0 Å². The second kappa shape index (κ2) is 5.54. The fourth-order valence-corrected chi connectivity index (χ4v) is 1.56. The monoisotopic (exact) mass is 222 g/mol. The van der Waals surface area contributed by atoms with Crippen molar-refractivity contribution in [2.24, 2.45) is 0 Å². The highest BCUT2D eigenvalue weighted by atomic mass is 16.5. The highest BCUT2D eigenvalue weighted by molar-refractivity contribution is 5.66. The predicted octanol–water partition coefficient (Wildman–Crippen LogP) is 2.86. The van der Waals surface area contributed by atoms with Gasteiger partial charge in [0.15, 0.2) is 0 Å². The van der Waals surface area contributed by atoms with Gasteiger partial charge in [-0.15, -0.1) is 0 Å². The molecule has 16 heavy (non-hydrogen) atoms. The van der Waals surface area contributed by atoms with Gasteiger partial charge in [-0.3, -0.25) is 4.79 Å². The van der Waals surface area contributed by atoms with Gasteiger partial charge in [-0.05, 0) is 49.9 Å². The van der Waals surface area contributed by atoms with Gasteiger partial charge in [0, 0.05) is 6.42 Å². The highest BCUT2D eigenvalue weighted by Gasteiger charge is 2.04. The summed E-state index contributed by atoms with van der Waals surface area (Å²) in [6.07, 6.45) is 0.700. The summed E-state index contributed by atoms with van der Waals surface area (Å²) in [5, 5.41) is 8.50. The van der Waals surface area contributed by atoms with Crippen LogP contribution in [0.4, 0.5) is 0 Å². The van der Waals surface area contributed by atoms with Crippen molar-refractivity contribution in [2.45, 2.75) is 33.6 Å². The van der Waals surface area contributed by atoms with Crippen LogP contribution in [0.25, 0.3) is 0 Å². The van der Waals surface area contributed by atoms with Gasteiger partial charge in [0.05, 0.1) is 6.61 Å². The maximum absolute atomic E-state index is 10.3. The Hall–Kier alpha value is -1.51. The lowest BCUT2D eigenvalue weighted by atomic mass is 10.1. The summed E-state index contributed by atoms with van der Waals surface area (Å²) >= 11 is 0. The van der Waals surface area contributed by atoms with E-state index in [-0.39, 0.29) is 6.42 Å². The molecule has 0 atom stereocenters. The van der Waals surface area contributed by atoms with E-state index in [1.165, 1.54) is 5.56 Å². The van der Waals surface area contributed by atoms with Crippen LogP contribution >= 0.6 is 0 Å². The predicted molar refractivity (Wildman–Crippen MR) is 63.0 cm³/mol. The third-order valence-electron chi connectivity index (χ3n) is 2.56. The Morgan fingerprint density at radius 1 is 1.31 bits per heavy atom. The molecule has 0 aliphatic heterocycles. The zero-order valence-electron chi connectivity index (χ0n) is 10.0. The number of benzene rings is 1. The molecule has 3 nitrogen and oxygen atoms in total. The highest BCUT2D eigenvalue weighted by Crippen LogP contribution is 2.23. The van der Waals surface area contributed by atoms with Crippen molar-refractivity contribution in [1.29, 1.82) is 0 Å². The number of hydrogen-bond acceptors (Lipinski definition) is 2. The van der Waals surface area contributed by atoms with E-state index in [0.717, 1.165) is 16.9 Å². The topological polar surface area (TPSA) is 46.5 Å². The van der Waals surface area contributed by atoms with E-state index in [9.17, 15) is 4.79 Å². The van der Waals surface area contributed by atoms with E-state index in [0.29, 0.717) is 13.0 Å². The molecule has 0 bridgehead atoms. The van der Waals surface area contributed by atoms with Gasteiger partial charge < -0.3 is 9.84 Å². The summed E-state index contributed by atoms with van der Waals surface area (Å²) < 4.78 is 5.59. The first-order chi connectivity index (χ1) is 7.50. The average molecular weight is 222 g/mol. The number of hydrogen-bond donors (Lipinski definition) is 1. The summed E-state index contributed by atoms with van der Waals surface area (Å²) in [6, 6.07) is 4.10. The van der Waals surface area contributed by atoms with E-state index < -0.39 is 5.97 Å². The maximum Gasteiger partial charge on any atom is 0.303 e. The number of ether oxygens (including phenoxy) is 1. The lowest BCUT2D eigenvalue weighted by Gasteiger charge is -2.11. The van der Waals surface area contributed by atoms with Gasteiger partial charge in [0.2, 0.25) is 0 Å². The Kier molecular flexibility index (Phi) is 4.35. The zero-order valence-corrected chi connectivity index (χ0v) is 10.0. The molecule has 3 heteroatoms. The molecule has 0 aromatic heterocycles. The second-order valence-corrected chi connectivity index (χ2v) is 4.05. The minimum absolute atomic E-state index is 0.157. The fraction of sp³-hybridized carbons (Fsp3) is 0.462. The Morgan fingerprint density at radius 3 is 2.62 bits per heavy atom. The molecule has 1 aromatic rings. The molecule has 0 saturated heterocycles. The van der Waals surface area contributed by atoms with Crippen LogP contribution in [0, 0.1) is 20.8 Å². The van der Waals surface area contributed by atoms with Crippen molar-refractivity contribution in [3.63, 3.8) is 0 Å². The van der Waals surface area contributed by atoms with Gasteiger partial charge in [-0.25, -0.2) is 0 Å². The Bertz CT molecular complexity index is 383. The zero-order chi connectivity index (χ0) is 12.1. The Labute approximate surface area is 96.1 Å². The van der Waals surface area contributed by atoms with Crippen molar-refractivity contribution in [2.75, 3.05) is 6.61 Å². The van der Waals surface area contributed by atoms with Crippen molar-refractivity contribution in [3.8, 4) is 5.75 Å². The largest absolute Gasteiger partial charge is 0.493 e. The first kappa shape index (κ1) is 12.6. The number of aliphatic carboxylic acids is 1. The minimum Gasteiger partial charge on any atom is -0.493 e. The molecule has 0 saturated carbocycles. The smallest absolute Gasteiger partial charge is 0.303 e. The van der Waals surface area contributed by atoms with E-state index in [2.05, 4.69) is 6.07 Å². The molecule has 1 N–H and O–H groups in total. The summed E-state index contributed by atoms with van der Waals surface area (Å²) in [5.74, 6) is 0.0867. The van der Waals surface area contributed by atoms with Crippen LogP contribution in [0.3, 0.4) is 0 Å². The molecule has 0 aliphatic carbocycles. The van der Waals surface area contributed by atoms with Crippen molar-refractivity contribution in [3.05, 3.63) is 28.8 Å². The number of rotatable bonds is 5. The molecular weight excluding hydrogens is 204 g/mol. The van der Waals surface area contributed by atoms with Crippen molar-refractivity contribution >= 4 is 5.97 Å². The molecule has 0 radical (unpaired) electrons. The standard InChI is InChI=1S/C13H18O3/c1-9-7-10(2)11(3)12(8-9)16-6-4-5-13(14)15/h7-8H,4-6H2,1-3H3,(H,14,15). The van der Waals surface area contributed by atoms with E-state index in [1.807, 2.05) is 26.8 Å². The fourth-order valence-electron chi connectivity index (χ4n) is 1.56. The van der Waals surface area contributed by atoms with Gasteiger partial charge in [-0.1, -0.05) is 6.07 Å². The van der Waals surface area contributed by atoms with Gasteiger partial charge in [0.1, 0.15) is 5.75 Å². The van der Waals surface area contributed by atoms with Crippen LogP contribution in [0.1, 0.15) is 29.5 Å². The number of carboxylic acid groups (broad SMARTS) is 1.